The molecule has 2 aromatic carbocycles. The third-order valence-electron chi connectivity index (χ3n) is 3.36. The molecule has 1 aliphatic rings. The maximum atomic E-state index is 5.75. The third kappa shape index (κ3) is 2.58. The molecule has 0 saturated heterocycles. The van der Waals surface area contributed by atoms with E-state index in [-0.39, 0.29) is 6.10 Å². The molecule has 1 aliphatic heterocycles. The van der Waals surface area contributed by atoms with Gasteiger partial charge in [-0.1, -0.05) is 24.3 Å². The third-order valence-corrected chi connectivity index (χ3v) is 3.36. The van der Waals surface area contributed by atoms with E-state index in [1.54, 1.807) is 0 Å². The van der Waals surface area contributed by atoms with Crippen molar-refractivity contribution in [2.24, 2.45) is 0 Å². The monoisotopic (exact) mass is 253 g/mol. The number of hydrogen-bond donors (Lipinski definition) is 1. The second kappa shape index (κ2) is 4.96. The number of rotatable bonds is 3. The zero-order valence-electron chi connectivity index (χ0n) is 11.4. The van der Waals surface area contributed by atoms with Gasteiger partial charge in [0, 0.05) is 12.2 Å². The van der Waals surface area contributed by atoms with Crippen molar-refractivity contribution >= 4 is 5.69 Å². The van der Waals surface area contributed by atoms with Crippen molar-refractivity contribution in [3.8, 4) is 16.9 Å². The molecule has 0 saturated carbocycles. The van der Waals surface area contributed by atoms with Crippen molar-refractivity contribution in [2.45, 2.75) is 26.4 Å². The lowest BCUT2D eigenvalue weighted by Gasteiger charge is -2.11. The zero-order valence-corrected chi connectivity index (χ0v) is 11.4. The van der Waals surface area contributed by atoms with Crippen LogP contribution in [0.2, 0.25) is 0 Å². The van der Waals surface area contributed by atoms with Crippen LogP contribution < -0.4 is 10.1 Å². The summed E-state index contributed by atoms with van der Waals surface area (Å²) in [5.41, 5.74) is 5.13. The summed E-state index contributed by atoms with van der Waals surface area (Å²) >= 11 is 0. The number of benzene rings is 2. The first-order valence-electron chi connectivity index (χ1n) is 6.86. The number of ether oxygens (including phenoxy) is 1. The van der Waals surface area contributed by atoms with Gasteiger partial charge in [-0.05, 0) is 55.2 Å². The Hall–Kier alpha value is -1.96. The Labute approximate surface area is 114 Å². The first kappa shape index (κ1) is 12.1. The average Bonchev–Trinajstić information content (AvgIpc) is 2.85. The van der Waals surface area contributed by atoms with Crippen LogP contribution in [0, 0.1) is 0 Å². The SMILES string of the molecule is CC(C)Oc1cccc(-c2ccc3c(c2)NCC3)c1. The summed E-state index contributed by atoms with van der Waals surface area (Å²) in [7, 11) is 0. The molecule has 2 nitrogen and oxygen atoms in total. The predicted octanol–water partition coefficient (Wildman–Crippen LogP) is 4.11. The summed E-state index contributed by atoms with van der Waals surface area (Å²) < 4.78 is 5.75. The number of hydrogen-bond acceptors (Lipinski definition) is 2. The topological polar surface area (TPSA) is 21.3 Å². The molecule has 0 aliphatic carbocycles. The Balaban J connectivity index is 1.93. The summed E-state index contributed by atoms with van der Waals surface area (Å²) in [5.74, 6) is 0.931. The van der Waals surface area contributed by atoms with Crippen molar-refractivity contribution in [3.05, 3.63) is 48.0 Å². The molecule has 1 N–H and O–H groups in total. The van der Waals surface area contributed by atoms with E-state index < -0.39 is 0 Å². The highest BCUT2D eigenvalue weighted by atomic mass is 16.5. The smallest absolute Gasteiger partial charge is 0.120 e. The van der Waals surface area contributed by atoms with Crippen LogP contribution in [0.5, 0.6) is 5.75 Å². The van der Waals surface area contributed by atoms with Gasteiger partial charge in [-0.3, -0.25) is 0 Å². The molecule has 0 atom stereocenters. The van der Waals surface area contributed by atoms with Crippen LogP contribution in [-0.4, -0.2) is 12.6 Å². The van der Waals surface area contributed by atoms with E-state index >= 15 is 0 Å². The molecular weight excluding hydrogens is 234 g/mol. The summed E-state index contributed by atoms with van der Waals surface area (Å²) in [6.45, 7) is 5.15. The molecule has 0 fully saturated rings. The highest BCUT2D eigenvalue weighted by molar-refractivity contribution is 5.72. The second-order valence-electron chi connectivity index (χ2n) is 5.24. The fourth-order valence-corrected chi connectivity index (χ4v) is 2.49. The van der Waals surface area contributed by atoms with Gasteiger partial charge >= 0.3 is 0 Å². The minimum atomic E-state index is 0.205. The van der Waals surface area contributed by atoms with E-state index in [4.69, 9.17) is 4.74 Å². The molecule has 2 aromatic rings. The van der Waals surface area contributed by atoms with Gasteiger partial charge in [-0.15, -0.1) is 0 Å². The van der Waals surface area contributed by atoms with Crippen molar-refractivity contribution in [1.29, 1.82) is 0 Å². The molecule has 0 amide bonds. The van der Waals surface area contributed by atoms with Gasteiger partial charge in [0.05, 0.1) is 6.10 Å². The minimum absolute atomic E-state index is 0.205. The maximum absolute atomic E-state index is 5.75. The zero-order chi connectivity index (χ0) is 13.2. The van der Waals surface area contributed by atoms with Crippen LogP contribution in [-0.2, 0) is 6.42 Å². The summed E-state index contributed by atoms with van der Waals surface area (Å²) in [5, 5.41) is 3.43. The Kier molecular flexibility index (Phi) is 3.16. The molecule has 98 valence electrons. The molecule has 2 heteroatoms. The van der Waals surface area contributed by atoms with Gasteiger partial charge in [0.1, 0.15) is 5.75 Å². The van der Waals surface area contributed by atoms with E-state index in [0.29, 0.717) is 0 Å². The van der Waals surface area contributed by atoms with Crippen LogP contribution in [0.1, 0.15) is 19.4 Å². The second-order valence-corrected chi connectivity index (χ2v) is 5.24. The van der Waals surface area contributed by atoms with Crippen LogP contribution in [0.25, 0.3) is 11.1 Å². The molecule has 0 unspecified atom stereocenters. The largest absolute Gasteiger partial charge is 0.491 e. The Morgan fingerprint density at radius 2 is 1.89 bits per heavy atom. The van der Waals surface area contributed by atoms with E-state index in [1.807, 2.05) is 26.0 Å². The summed E-state index contributed by atoms with van der Waals surface area (Å²) in [6, 6.07) is 14.9. The normalized spacial score (nSPS) is 13.2. The molecule has 0 aromatic heterocycles. The number of nitrogens with one attached hydrogen (secondary N) is 1. The fraction of sp³-hybridized carbons (Fsp3) is 0.294. The van der Waals surface area contributed by atoms with Gasteiger partial charge in [0.15, 0.2) is 0 Å². The lowest BCUT2D eigenvalue weighted by molar-refractivity contribution is 0.242. The Morgan fingerprint density at radius 1 is 1.05 bits per heavy atom. The molecule has 3 rings (SSSR count). The molecular formula is C17H19NO. The maximum Gasteiger partial charge on any atom is 0.120 e. The van der Waals surface area contributed by atoms with Gasteiger partial charge in [-0.25, -0.2) is 0 Å². The molecule has 0 bridgehead atoms. The predicted molar refractivity (Wildman–Crippen MR) is 79.8 cm³/mol. The average molecular weight is 253 g/mol. The lowest BCUT2D eigenvalue weighted by Crippen LogP contribution is -2.05. The summed E-state index contributed by atoms with van der Waals surface area (Å²) in [4.78, 5) is 0. The standard InChI is InChI=1S/C17H19NO/c1-12(2)19-16-5-3-4-14(10-16)15-7-6-13-8-9-18-17(13)11-15/h3-7,10-12,18H,8-9H2,1-2H3. The van der Waals surface area contributed by atoms with Crippen molar-refractivity contribution in [2.75, 3.05) is 11.9 Å². The van der Waals surface area contributed by atoms with Crippen LogP contribution in [0.3, 0.4) is 0 Å². The highest BCUT2D eigenvalue weighted by Crippen LogP contribution is 2.30. The summed E-state index contributed by atoms with van der Waals surface area (Å²) in [6.07, 6.45) is 1.34. The number of fused-ring (bicyclic) bond motifs is 1. The quantitative estimate of drug-likeness (QED) is 0.888. The molecule has 19 heavy (non-hydrogen) atoms. The van der Waals surface area contributed by atoms with Crippen molar-refractivity contribution in [3.63, 3.8) is 0 Å². The molecule has 1 heterocycles. The van der Waals surface area contributed by atoms with E-state index in [0.717, 1.165) is 18.7 Å². The first-order chi connectivity index (χ1) is 9.22. The minimum Gasteiger partial charge on any atom is -0.491 e. The van der Waals surface area contributed by atoms with Gasteiger partial charge in [-0.2, -0.15) is 0 Å². The van der Waals surface area contributed by atoms with E-state index in [9.17, 15) is 0 Å². The van der Waals surface area contributed by atoms with Crippen LogP contribution >= 0.6 is 0 Å². The van der Waals surface area contributed by atoms with Crippen molar-refractivity contribution in [1.82, 2.24) is 0 Å². The Bertz CT molecular complexity index is 590. The fourth-order valence-electron chi connectivity index (χ4n) is 2.49. The number of anilines is 1. The Morgan fingerprint density at radius 3 is 2.74 bits per heavy atom. The highest BCUT2D eigenvalue weighted by Gasteiger charge is 2.11. The first-order valence-corrected chi connectivity index (χ1v) is 6.86. The molecule has 0 spiro atoms. The van der Waals surface area contributed by atoms with E-state index in [1.165, 1.54) is 22.4 Å². The van der Waals surface area contributed by atoms with Crippen LogP contribution in [0.15, 0.2) is 42.5 Å². The van der Waals surface area contributed by atoms with Gasteiger partial charge in [0.25, 0.3) is 0 Å². The van der Waals surface area contributed by atoms with Crippen molar-refractivity contribution < 1.29 is 4.74 Å². The van der Waals surface area contributed by atoms with Crippen LogP contribution in [0.4, 0.5) is 5.69 Å². The lowest BCUT2D eigenvalue weighted by atomic mass is 10.0. The van der Waals surface area contributed by atoms with Gasteiger partial charge < -0.3 is 10.1 Å². The van der Waals surface area contributed by atoms with Gasteiger partial charge in [0.2, 0.25) is 0 Å². The van der Waals surface area contributed by atoms with E-state index in [2.05, 4.69) is 35.6 Å². The molecule has 0 radical (unpaired) electrons.